The van der Waals surface area contributed by atoms with Crippen molar-refractivity contribution < 1.29 is 0 Å². The SMILES string of the molecule is NC/C=N\CCn1cccn1. The van der Waals surface area contributed by atoms with Crippen molar-refractivity contribution in [2.75, 3.05) is 13.1 Å². The van der Waals surface area contributed by atoms with Crippen LogP contribution in [0.25, 0.3) is 0 Å². The number of hydrogen-bond donors (Lipinski definition) is 1. The minimum Gasteiger partial charge on any atom is -0.326 e. The molecule has 1 aromatic rings. The van der Waals surface area contributed by atoms with Gasteiger partial charge in [-0.25, -0.2) is 0 Å². The number of nitrogens with zero attached hydrogens (tertiary/aromatic N) is 3. The molecule has 2 N–H and O–H groups in total. The van der Waals surface area contributed by atoms with E-state index < -0.39 is 0 Å². The fourth-order valence-electron chi connectivity index (χ4n) is 0.759. The van der Waals surface area contributed by atoms with Gasteiger partial charge in [0.1, 0.15) is 0 Å². The quantitative estimate of drug-likeness (QED) is 0.613. The van der Waals surface area contributed by atoms with Crippen molar-refractivity contribution in [2.45, 2.75) is 6.54 Å². The summed E-state index contributed by atoms with van der Waals surface area (Å²) in [5, 5.41) is 4.03. The van der Waals surface area contributed by atoms with E-state index in [2.05, 4.69) is 10.1 Å². The van der Waals surface area contributed by atoms with Crippen LogP contribution in [0.4, 0.5) is 0 Å². The predicted octanol–water partition coefficient (Wildman–Crippen LogP) is -0.0874. The van der Waals surface area contributed by atoms with Crippen LogP contribution in [0.3, 0.4) is 0 Å². The first-order chi connectivity index (χ1) is 5.43. The van der Waals surface area contributed by atoms with Crippen molar-refractivity contribution >= 4 is 6.21 Å². The maximum Gasteiger partial charge on any atom is 0.0604 e. The Labute approximate surface area is 65.7 Å². The Balaban J connectivity index is 2.19. The molecule has 0 aliphatic carbocycles. The highest BCUT2D eigenvalue weighted by Crippen LogP contribution is 1.83. The number of aliphatic imine (C=N–C) groups is 1. The molecule has 4 nitrogen and oxygen atoms in total. The molecule has 0 atom stereocenters. The van der Waals surface area contributed by atoms with Gasteiger partial charge in [0.05, 0.1) is 13.1 Å². The van der Waals surface area contributed by atoms with Crippen LogP contribution in [0.2, 0.25) is 0 Å². The average Bonchev–Trinajstić information content (AvgIpc) is 2.50. The largest absolute Gasteiger partial charge is 0.326 e. The molecule has 0 saturated carbocycles. The second kappa shape index (κ2) is 4.62. The average molecular weight is 152 g/mol. The van der Waals surface area contributed by atoms with Crippen LogP contribution in [-0.4, -0.2) is 29.1 Å². The first kappa shape index (κ1) is 7.94. The molecule has 60 valence electrons. The van der Waals surface area contributed by atoms with Gasteiger partial charge in [0, 0.05) is 25.2 Å². The third kappa shape index (κ3) is 2.95. The first-order valence-corrected chi connectivity index (χ1v) is 3.59. The fraction of sp³-hybridized carbons (Fsp3) is 0.429. The van der Waals surface area contributed by atoms with Crippen LogP contribution < -0.4 is 5.73 Å². The van der Waals surface area contributed by atoms with Crippen LogP contribution in [0.1, 0.15) is 0 Å². The Kier molecular flexibility index (Phi) is 3.34. The lowest BCUT2D eigenvalue weighted by Gasteiger charge is -1.95. The lowest BCUT2D eigenvalue weighted by molar-refractivity contribution is 0.626. The maximum absolute atomic E-state index is 5.22. The van der Waals surface area contributed by atoms with Gasteiger partial charge in [-0.1, -0.05) is 0 Å². The summed E-state index contributed by atoms with van der Waals surface area (Å²) >= 11 is 0. The van der Waals surface area contributed by atoms with E-state index in [0.717, 1.165) is 13.1 Å². The maximum atomic E-state index is 5.22. The summed E-state index contributed by atoms with van der Waals surface area (Å²) in [6, 6.07) is 1.90. The summed E-state index contributed by atoms with van der Waals surface area (Å²) in [6.07, 6.45) is 5.38. The molecule has 0 unspecified atom stereocenters. The summed E-state index contributed by atoms with van der Waals surface area (Å²) < 4.78 is 1.84. The zero-order valence-corrected chi connectivity index (χ0v) is 6.35. The number of hydrogen-bond acceptors (Lipinski definition) is 3. The second-order valence-corrected chi connectivity index (χ2v) is 2.09. The minimum absolute atomic E-state index is 0.513. The van der Waals surface area contributed by atoms with E-state index in [4.69, 9.17) is 5.73 Å². The Bertz CT molecular complexity index is 202. The molecule has 1 rings (SSSR count). The van der Waals surface area contributed by atoms with Crippen LogP contribution >= 0.6 is 0 Å². The van der Waals surface area contributed by atoms with E-state index >= 15 is 0 Å². The van der Waals surface area contributed by atoms with Gasteiger partial charge in [0.25, 0.3) is 0 Å². The van der Waals surface area contributed by atoms with Crippen LogP contribution in [0.15, 0.2) is 23.5 Å². The van der Waals surface area contributed by atoms with Gasteiger partial charge >= 0.3 is 0 Å². The highest BCUT2D eigenvalue weighted by atomic mass is 15.3. The summed E-state index contributed by atoms with van der Waals surface area (Å²) in [7, 11) is 0. The Morgan fingerprint density at radius 2 is 2.55 bits per heavy atom. The number of aromatic nitrogens is 2. The van der Waals surface area contributed by atoms with Crippen LogP contribution in [-0.2, 0) is 6.54 Å². The smallest absolute Gasteiger partial charge is 0.0604 e. The van der Waals surface area contributed by atoms with E-state index in [1.165, 1.54) is 0 Å². The summed E-state index contributed by atoms with van der Waals surface area (Å²) in [4.78, 5) is 4.05. The molecule has 0 aliphatic heterocycles. The van der Waals surface area contributed by atoms with Crippen molar-refractivity contribution in [3.63, 3.8) is 0 Å². The Hall–Kier alpha value is -1.16. The van der Waals surface area contributed by atoms with Crippen molar-refractivity contribution in [2.24, 2.45) is 10.7 Å². The van der Waals surface area contributed by atoms with Crippen molar-refractivity contribution in [1.29, 1.82) is 0 Å². The Morgan fingerprint density at radius 1 is 1.64 bits per heavy atom. The molecule has 0 bridgehead atoms. The molecular weight excluding hydrogens is 140 g/mol. The van der Waals surface area contributed by atoms with E-state index in [9.17, 15) is 0 Å². The van der Waals surface area contributed by atoms with Crippen molar-refractivity contribution in [1.82, 2.24) is 9.78 Å². The summed E-state index contributed by atoms with van der Waals surface area (Å²) in [6.45, 7) is 2.08. The third-order valence-corrected chi connectivity index (χ3v) is 1.25. The van der Waals surface area contributed by atoms with Crippen molar-refractivity contribution in [3.8, 4) is 0 Å². The van der Waals surface area contributed by atoms with E-state index in [0.29, 0.717) is 6.54 Å². The van der Waals surface area contributed by atoms with Crippen molar-refractivity contribution in [3.05, 3.63) is 18.5 Å². The highest BCUT2D eigenvalue weighted by Gasteiger charge is 1.85. The lowest BCUT2D eigenvalue weighted by atomic mass is 10.6. The van der Waals surface area contributed by atoms with Gasteiger partial charge in [0.2, 0.25) is 0 Å². The topological polar surface area (TPSA) is 56.2 Å². The zero-order chi connectivity index (χ0) is 7.94. The molecule has 0 saturated heterocycles. The molecule has 4 heteroatoms. The van der Waals surface area contributed by atoms with Gasteiger partial charge in [-0.3, -0.25) is 9.67 Å². The Morgan fingerprint density at radius 3 is 3.18 bits per heavy atom. The predicted molar refractivity (Wildman–Crippen MR) is 44.6 cm³/mol. The lowest BCUT2D eigenvalue weighted by Crippen LogP contribution is -2.04. The molecule has 0 aliphatic rings. The summed E-state index contributed by atoms with van der Waals surface area (Å²) in [5.41, 5.74) is 5.22. The highest BCUT2D eigenvalue weighted by molar-refractivity contribution is 5.58. The number of rotatable bonds is 4. The molecule has 0 amide bonds. The fourth-order valence-corrected chi connectivity index (χ4v) is 0.759. The molecule has 1 heterocycles. The summed E-state index contributed by atoms with van der Waals surface area (Å²) in [5.74, 6) is 0. The van der Waals surface area contributed by atoms with Crippen LogP contribution in [0, 0.1) is 0 Å². The van der Waals surface area contributed by atoms with Gasteiger partial charge in [-0.15, -0.1) is 0 Å². The van der Waals surface area contributed by atoms with E-state index in [1.54, 1.807) is 12.4 Å². The van der Waals surface area contributed by atoms with Gasteiger partial charge in [-0.2, -0.15) is 5.10 Å². The van der Waals surface area contributed by atoms with Gasteiger partial charge in [0.15, 0.2) is 0 Å². The molecule has 1 aromatic heterocycles. The van der Waals surface area contributed by atoms with Gasteiger partial charge in [-0.05, 0) is 6.07 Å². The van der Waals surface area contributed by atoms with E-state index in [1.807, 2.05) is 16.9 Å². The third-order valence-electron chi connectivity index (χ3n) is 1.25. The number of nitrogens with two attached hydrogens (primary N) is 1. The normalized spacial score (nSPS) is 11.0. The molecule has 0 fully saturated rings. The standard InChI is InChI=1S/C7H12N4/c8-2-4-9-5-7-11-6-1-3-10-11/h1,3-4,6H,2,5,7-8H2/b9-4-. The zero-order valence-electron chi connectivity index (χ0n) is 6.35. The molecular formula is C7H12N4. The molecule has 0 aromatic carbocycles. The minimum atomic E-state index is 0.513. The van der Waals surface area contributed by atoms with Gasteiger partial charge < -0.3 is 5.73 Å². The molecule has 0 spiro atoms. The molecule has 11 heavy (non-hydrogen) atoms. The molecule has 0 radical (unpaired) electrons. The van der Waals surface area contributed by atoms with E-state index in [-0.39, 0.29) is 0 Å². The monoisotopic (exact) mass is 152 g/mol. The first-order valence-electron chi connectivity index (χ1n) is 3.59. The van der Waals surface area contributed by atoms with Crippen LogP contribution in [0.5, 0.6) is 0 Å². The second-order valence-electron chi connectivity index (χ2n) is 2.09.